The van der Waals surface area contributed by atoms with Crippen LogP contribution in [0.1, 0.15) is 65.7 Å². The number of benzene rings is 2. The van der Waals surface area contributed by atoms with Crippen LogP contribution in [0, 0.1) is 18.2 Å². The standard InChI is InChI=1S/C33H29ClFN3O4/c1-6-20-11-13-21(14-12-20)31-32-24(33(40)38(31)26-10-8-9-25(34)30(26)35)17-27(37(32)19(3)4)23-15-22(16-29(39)42-7-2)36-18-28(23)41-5/h1,8-15,17-19,31H,7,16H2,2-5H3. The maximum absolute atomic E-state index is 15.4. The third-order valence-corrected chi connectivity index (χ3v) is 7.49. The summed E-state index contributed by atoms with van der Waals surface area (Å²) in [5, 5.41) is -0.0820. The molecule has 1 aliphatic rings. The van der Waals surface area contributed by atoms with Crippen molar-refractivity contribution in [3.05, 3.63) is 99.7 Å². The summed E-state index contributed by atoms with van der Waals surface area (Å²) >= 11 is 6.16. The zero-order valence-electron chi connectivity index (χ0n) is 23.7. The van der Waals surface area contributed by atoms with Gasteiger partial charge in [0.25, 0.3) is 5.91 Å². The van der Waals surface area contributed by atoms with Gasteiger partial charge >= 0.3 is 5.97 Å². The molecule has 1 atom stereocenters. The number of hydrogen-bond donors (Lipinski definition) is 0. The fourth-order valence-electron chi connectivity index (χ4n) is 5.42. The molecule has 0 N–H and O–H groups in total. The van der Waals surface area contributed by atoms with E-state index in [4.69, 9.17) is 27.5 Å². The summed E-state index contributed by atoms with van der Waals surface area (Å²) in [4.78, 5) is 32.2. The lowest BCUT2D eigenvalue weighted by Gasteiger charge is -2.29. The van der Waals surface area contributed by atoms with Gasteiger partial charge in [-0.3, -0.25) is 19.5 Å². The second-order valence-electron chi connectivity index (χ2n) is 10.1. The molecule has 0 radical (unpaired) electrons. The Bertz CT molecular complexity index is 1720. The van der Waals surface area contributed by atoms with Crippen molar-refractivity contribution < 1.29 is 23.5 Å². The predicted molar refractivity (Wildman–Crippen MR) is 159 cm³/mol. The summed E-state index contributed by atoms with van der Waals surface area (Å²) in [7, 11) is 1.53. The third kappa shape index (κ3) is 5.01. The van der Waals surface area contributed by atoms with Crippen LogP contribution in [0.5, 0.6) is 5.75 Å². The van der Waals surface area contributed by atoms with Crippen LogP contribution in [-0.4, -0.2) is 35.1 Å². The lowest BCUT2D eigenvalue weighted by Crippen LogP contribution is -2.30. The van der Waals surface area contributed by atoms with Gasteiger partial charge in [-0.1, -0.05) is 35.7 Å². The van der Waals surface area contributed by atoms with Gasteiger partial charge in [-0.25, -0.2) is 4.39 Å². The van der Waals surface area contributed by atoms with Gasteiger partial charge in [0.05, 0.1) is 59.7 Å². The SMILES string of the molecule is C#Cc1ccc(C2c3c(cc(-c4cc(CC(=O)OCC)ncc4OC)n3C(C)C)C(=O)N2c2cccc(Cl)c2F)cc1. The number of terminal acetylenes is 1. The number of carbonyl (C=O) groups excluding carboxylic acids is 2. The van der Waals surface area contributed by atoms with Gasteiger partial charge in [-0.05, 0) is 62.7 Å². The Balaban J connectivity index is 1.75. The predicted octanol–water partition coefficient (Wildman–Crippen LogP) is 6.77. The molecule has 0 saturated heterocycles. The van der Waals surface area contributed by atoms with Crippen molar-refractivity contribution in [1.29, 1.82) is 0 Å². The smallest absolute Gasteiger partial charge is 0.311 e. The second kappa shape index (κ2) is 11.7. The molecule has 1 aliphatic heterocycles. The highest BCUT2D eigenvalue weighted by molar-refractivity contribution is 6.31. The molecule has 5 rings (SSSR count). The summed E-state index contributed by atoms with van der Waals surface area (Å²) < 4.78 is 28.3. The van der Waals surface area contributed by atoms with E-state index in [0.29, 0.717) is 39.5 Å². The number of ether oxygens (including phenoxy) is 2. The molecule has 3 heterocycles. The first-order chi connectivity index (χ1) is 20.2. The van der Waals surface area contributed by atoms with Crippen molar-refractivity contribution in [2.24, 2.45) is 0 Å². The molecular formula is C33H29ClFN3O4. The van der Waals surface area contributed by atoms with Gasteiger partial charge in [-0.2, -0.15) is 0 Å². The van der Waals surface area contributed by atoms with Crippen molar-refractivity contribution >= 4 is 29.2 Å². The number of aromatic nitrogens is 2. The van der Waals surface area contributed by atoms with Crippen LogP contribution in [-0.2, 0) is 16.0 Å². The van der Waals surface area contributed by atoms with E-state index in [9.17, 15) is 9.59 Å². The van der Waals surface area contributed by atoms with Crippen molar-refractivity contribution in [3.63, 3.8) is 0 Å². The Hall–Kier alpha value is -4.61. The minimum atomic E-state index is -0.685. The molecule has 0 fully saturated rings. The van der Waals surface area contributed by atoms with E-state index in [0.717, 1.165) is 5.56 Å². The van der Waals surface area contributed by atoms with Gasteiger partial charge in [0, 0.05) is 17.2 Å². The van der Waals surface area contributed by atoms with Gasteiger partial charge in [0.15, 0.2) is 5.82 Å². The Morgan fingerprint density at radius 2 is 1.90 bits per heavy atom. The summed E-state index contributed by atoms with van der Waals surface area (Å²) in [6.07, 6.45) is 7.13. The van der Waals surface area contributed by atoms with Crippen molar-refractivity contribution in [1.82, 2.24) is 9.55 Å². The van der Waals surface area contributed by atoms with E-state index in [1.165, 1.54) is 18.1 Å². The largest absolute Gasteiger partial charge is 0.494 e. The van der Waals surface area contributed by atoms with Gasteiger partial charge in [0.1, 0.15) is 11.8 Å². The number of amides is 1. The van der Waals surface area contributed by atoms with E-state index in [-0.39, 0.29) is 35.7 Å². The topological polar surface area (TPSA) is 73.7 Å². The molecular weight excluding hydrogens is 557 g/mol. The van der Waals surface area contributed by atoms with Crippen molar-refractivity contribution in [3.8, 4) is 29.4 Å². The molecule has 214 valence electrons. The van der Waals surface area contributed by atoms with Gasteiger partial charge in [0.2, 0.25) is 0 Å². The molecule has 0 aliphatic carbocycles. The molecule has 1 amide bonds. The average Bonchev–Trinajstić information content (AvgIpc) is 3.50. The van der Waals surface area contributed by atoms with E-state index in [1.807, 2.05) is 30.5 Å². The van der Waals surface area contributed by atoms with Crippen LogP contribution in [0.25, 0.3) is 11.3 Å². The molecule has 4 aromatic rings. The minimum absolute atomic E-state index is 0.0160. The molecule has 7 nitrogen and oxygen atoms in total. The number of nitrogens with zero attached hydrogens (tertiary/aromatic N) is 3. The number of esters is 1. The monoisotopic (exact) mass is 585 g/mol. The fourth-order valence-corrected chi connectivity index (χ4v) is 5.59. The quantitative estimate of drug-likeness (QED) is 0.169. The van der Waals surface area contributed by atoms with E-state index < -0.39 is 17.8 Å². The maximum Gasteiger partial charge on any atom is 0.311 e. The van der Waals surface area contributed by atoms with Gasteiger partial charge < -0.3 is 14.0 Å². The molecule has 1 unspecified atom stereocenters. The normalized spacial score (nSPS) is 14.2. The van der Waals surface area contributed by atoms with Crippen molar-refractivity contribution in [2.75, 3.05) is 18.6 Å². The zero-order valence-corrected chi connectivity index (χ0v) is 24.4. The lowest BCUT2D eigenvalue weighted by atomic mass is 10.0. The Kier molecular flexibility index (Phi) is 8.06. The van der Waals surface area contributed by atoms with Crippen LogP contribution in [0.2, 0.25) is 5.02 Å². The number of hydrogen-bond acceptors (Lipinski definition) is 5. The maximum atomic E-state index is 15.4. The molecule has 2 aromatic carbocycles. The number of pyridine rings is 1. The van der Waals surface area contributed by atoms with Crippen LogP contribution in [0.15, 0.2) is 60.8 Å². The molecule has 0 saturated carbocycles. The molecule has 0 spiro atoms. The number of anilines is 1. The fraction of sp³-hybridized carbons (Fsp3) is 0.242. The lowest BCUT2D eigenvalue weighted by molar-refractivity contribution is -0.142. The summed E-state index contributed by atoms with van der Waals surface area (Å²) in [6, 6.07) is 14.6. The van der Waals surface area contributed by atoms with E-state index in [2.05, 4.69) is 10.9 Å². The summed E-state index contributed by atoms with van der Waals surface area (Å²) in [5.74, 6) is 1.63. The number of rotatable bonds is 8. The third-order valence-electron chi connectivity index (χ3n) is 7.19. The van der Waals surface area contributed by atoms with Gasteiger partial charge in [-0.15, -0.1) is 6.42 Å². The minimum Gasteiger partial charge on any atom is -0.494 e. The first kappa shape index (κ1) is 28.9. The Morgan fingerprint density at radius 1 is 1.17 bits per heavy atom. The number of methoxy groups -OCH3 is 1. The summed E-state index contributed by atoms with van der Waals surface area (Å²) in [6.45, 7) is 6.01. The molecule has 9 heteroatoms. The molecule has 42 heavy (non-hydrogen) atoms. The molecule has 0 bridgehead atoms. The van der Waals surface area contributed by atoms with Crippen molar-refractivity contribution in [2.45, 2.75) is 39.3 Å². The molecule has 2 aromatic heterocycles. The van der Waals surface area contributed by atoms with Crippen LogP contribution >= 0.6 is 11.6 Å². The zero-order chi connectivity index (χ0) is 30.1. The summed E-state index contributed by atoms with van der Waals surface area (Å²) in [5.41, 5.74) is 4.45. The Labute approximate surface area is 248 Å². The van der Waals surface area contributed by atoms with Crippen LogP contribution in [0.4, 0.5) is 10.1 Å². The second-order valence-corrected chi connectivity index (χ2v) is 10.5. The first-order valence-corrected chi connectivity index (χ1v) is 13.9. The number of carbonyl (C=O) groups is 2. The van der Waals surface area contributed by atoms with E-state index in [1.54, 1.807) is 49.5 Å². The highest BCUT2D eigenvalue weighted by Gasteiger charge is 2.44. The van der Waals surface area contributed by atoms with Crippen LogP contribution < -0.4 is 9.64 Å². The Morgan fingerprint density at radius 3 is 2.55 bits per heavy atom. The van der Waals surface area contributed by atoms with Crippen LogP contribution in [0.3, 0.4) is 0 Å². The highest BCUT2D eigenvalue weighted by atomic mass is 35.5. The average molecular weight is 586 g/mol. The number of halogens is 2. The first-order valence-electron chi connectivity index (χ1n) is 13.5. The van der Waals surface area contributed by atoms with E-state index >= 15 is 4.39 Å². The highest BCUT2D eigenvalue weighted by Crippen LogP contribution is 2.48. The number of fused-ring (bicyclic) bond motifs is 1.